The van der Waals surface area contributed by atoms with Crippen molar-refractivity contribution in [2.24, 2.45) is 0 Å². The molecule has 0 aliphatic heterocycles. The molecule has 0 heterocycles. The van der Waals surface area contributed by atoms with Crippen LogP contribution in [0.5, 0.6) is 17.2 Å². The molecule has 3 rings (SSSR count). The summed E-state index contributed by atoms with van der Waals surface area (Å²) >= 11 is 0. The Hall–Kier alpha value is -2.98. The molecule has 0 amide bonds. The Morgan fingerprint density at radius 1 is 0.800 bits per heavy atom. The van der Waals surface area contributed by atoms with E-state index in [1.54, 1.807) is 7.11 Å². The molecule has 30 heavy (non-hydrogen) atoms. The first kappa shape index (κ1) is 21.7. The van der Waals surface area contributed by atoms with Gasteiger partial charge in [0.25, 0.3) is 0 Å². The minimum absolute atomic E-state index is 0.526. The zero-order valence-electron chi connectivity index (χ0n) is 18.1. The molecule has 0 radical (unpaired) electrons. The maximum absolute atomic E-state index is 6.04. The van der Waals surface area contributed by atoms with Gasteiger partial charge in [0.15, 0.2) is 11.5 Å². The average Bonchev–Trinajstić information content (AvgIpc) is 2.76. The molecule has 0 saturated carbocycles. The van der Waals surface area contributed by atoms with Crippen molar-refractivity contribution in [2.45, 2.75) is 33.4 Å². The van der Waals surface area contributed by atoms with E-state index in [0.29, 0.717) is 13.2 Å². The highest BCUT2D eigenvalue weighted by atomic mass is 16.5. The van der Waals surface area contributed by atoms with Crippen LogP contribution in [-0.4, -0.2) is 20.3 Å². The predicted molar refractivity (Wildman–Crippen MR) is 122 cm³/mol. The third kappa shape index (κ3) is 6.26. The second-order valence-corrected chi connectivity index (χ2v) is 7.23. The van der Waals surface area contributed by atoms with Crippen LogP contribution in [0.2, 0.25) is 0 Å². The van der Waals surface area contributed by atoms with Crippen LogP contribution in [0.1, 0.15) is 29.2 Å². The molecule has 0 bridgehead atoms. The molecule has 0 fully saturated rings. The summed E-state index contributed by atoms with van der Waals surface area (Å²) in [5, 5.41) is 3.50. The molecule has 3 aromatic carbocycles. The van der Waals surface area contributed by atoms with Gasteiger partial charge in [0.2, 0.25) is 0 Å². The fourth-order valence-corrected chi connectivity index (χ4v) is 3.38. The van der Waals surface area contributed by atoms with E-state index in [1.165, 1.54) is 16.7 Å². The summed E-state index contributed by atoms with van der Waals surface area (Å²) in [7, 11) is 1.71. The van der Waals surface area contributed by atoms with Crippen LogP contribution in [0.4, 0.5) is 0 Å². The summed E-state index contributed by atoms with van der Waals surface area (Å²) in [5.74, 6) is 2.50. The van der Waals surface area contributed by atoms with Crippen molar-refractivity contribution in [3.63, 3.8) is 0 Å². The maximum Gasteiger partial charge on any atom is 0.161 e. The zero-order chi connectivity index (χ0) is 21.2. The van der Waals surface area contributed by atoms with Gasteiger partial charge >= 0.3 is 0 Å². The van der Waals surface area contributed by atoms with Crippen molar-refractivity contribution in [1.29, 1.82) is 0 Å². The number of nitrogens with one attached hydrogen (secondary N) is 1. The van der Waals surface area contributed by atoms with Crippen LogP contribution in [0.3, 0.4) is 0 Å². The predicted octanol–water partition coefficient (Wildman–Crippen LogP) is 5.31. The van der Waals surface area contributed by atoms with Gasteiger partial charge in [-0.05, 0) is 61.7 Å². The molecular formula is C26H31NO3. The van der Waals surface area contributed by atoms with Crippen LogP contribution in [-0.2, 0) is 19.6 Å². The second kappa shape index (κ2) is 11.3. The molecule has 4 nitrogen and oxygen atoms in total. The Labute approximate surface area is 179 Å². The lowest BCUT2D eigenvalue weighted by Gasteiger charge is -2.14. The van der Waals surface area contributed by atoms with E-state index in [-0.39, 0.29) is 0 Å². The van der Waals surface area contributed by atoms with Crippen LogP contribution >= 0.6 is 0 Å². The number of hydrogen-bond acceptors (Lipinski definition) is 4. The quantitative estimate of drug-likeness (QED) is 0.439. The van der Waals surface area contributed by atoms with Gasteiger partial charge in [-0.15, -0.1) is 0 Å². The minimum atomic E-state index is 0.526. The van der Waals surface area contributed by atoms with E-state index < -0.39 is 0 Å². The molecule has 0 aromatic heterocycles. The van der Waals surface area contributed by atoms with Crippen molar-refractivity contribution < 1.29 is 14.2 Å². The van der Waals surface area contributed by atoms with Gasteiger partial charge in [-0.1, -0.05) is 54.1 Å². The van der Waals surface area contributed by atoms with E-state index in [2.05, 4.69) is 54.7 Å². The van der Waals surface area contributed by atoms with Crippen molar-refractivity contribution in [2.75, 3.05) is 20.3 Å². The number of hydrogen-bond donors (Lipinski definition) is 1. The van der Waals surface area contributed by atoms with Gasteiger partial charge in [0.05, 0.1) is 13.7 Å². The highest BCUT2D eigenvalue weighted by molar-refractivity contribution is 5.43. The van der Waals surface area contributed by atoms with Gasteiger partial charge in [0.1, 0.15) is 12.4 Å². The Morgan fingerprint density at radius 3 is 2.47 bits per heavy atom. The summed E-state index contributed by atoms with van der Waals surface area (Å²) in [6.45, 7) is 6.85. The van der Waals surface area contributed by atoms with Crippen LogP contribution in [0, 0.1) is 6.92 Å². The molecule has 0 spiro atoms. The largest absolute Gasteiger partial charge is 0.496 e. The molecule has 0 unspecified atom stereocenters. The monoisotopic (exact) mass is 405 g/mol. The fraction of sp³-hybridized carbons (Fsp3) is 0.308. The molecule has 0 atom stereocenters. The Morgan fingerprint density at radius 2 is 1.67 bits per heavy atom. The minimum Gasteiger partial charge on any atom is -0.496 e. The third-order valence-corrected chi connectivity index (χ3v) is 4.88. The molecule has 0 aliphatic carbocycles. The topological polar surface area (TPSA) is 39.7 Å². The lowest BCUT2D eigenvalue weighted by atomic mass is 10.1. The Bertz CT molecular complexity index is 939. The Kier molecular flexibility index (Phi) is 8.16. The number of ether oxygens (including phenoxy) is 3. The number of methoxy groups -OCH3 is 1. The van der Waals surface area contributed by atoms with Crippen molar-refractivity contribution in [1.82, 2.24) is 5.32 Å². The number of benzene rings is 3. The summed E-state index contributed by atoms with van der Waals surface area (Å²) in [6.07, 6.45) is 0.917. The van der Waals surface area contributed by atoms with E-state index >= 15 is 0 Å². The first-order valence-corrected chi connectivity index (χ1v) is 10.5. The molecule has 1 N–H and O–H groups in total. The molecule has 0 aliphatic rings. The van der Waals surface area contributed by atoms with Gasteiger partial charge in [-0.3, -0.25) is 0 Å². The van der Waals surface area contributed by atoms with Crippen LogP contribution in [0.15, 0.2) is 66.7 Å². The smallest absolute Gasteiger partial charge is 0.161 e. The molecule has 158 valence electrons. The SMILES string of the molecule is CCOc1cc(CNCCc2ccccc2OC)ccc1OCc1cccc(C)c1. The molecular weight excluding hydrogens is 374 g/mol. The number of aryl methyl sites for hydroxylation is 1. The van der Waals surface area contributed by atoms with Crippen molar-refractivity contribution in [3.8, 4) is 17.2 Å². The van der Waals surface area contributed by atoms with Gasteiger partial charge in [0, 0.05) is 6.54 Å². The Balaban J connectivity index is 1.56. The first-order valence-electron chi connectivity index (χ1n) is 10.5. The van der Waals surface area contributed by atoms with Gasteiger partial charge < -0.3 is 19.5 Å². The lowest BCUT2D eigenvalue weighted by Crippen LogP contribution is -2.17. The first-order chi connectivity index (χ1) is 14.7. The number of rotatable bonds is 11. The van der Waals surface area contributed by atoms with Crippen LogP contribution < -0.4 is 19.5 Å². The highest BCUT2D eigenvalue weighted by Gasteiger charge is 2.08. The summed E-state index contributed by atoms with van der Waals surface area (Å²) < 4.78 is 17.3. The van der Waals surface area contributed by atoms with Crippen molar-refractivity contribution in [3.05, 3.63) is 89.0 Å². The lowest BCUT2D eigenvalue weighted by molar-refractivity contribution is 0.269. The highest BCUT2D eigenvalue weighted by Crippen LogP contribution is 2.29. The summed E-state index contributed by atoms with van der Waals surface area (Å²) in [4.78, 5) is 0. The van der Waals surface area contributed by atoms with Crippen LogP contribution in [0.25, 0.3) is 0 Å². The molecule has 3 aromatic rings. The molecule has 0 saturated heterocycles. The zero-order valence-corrected chi connectivity index (χ0v) is 18.1. The van der Waals surface area contributed by atoms with E-state index in [0.717, 1.165) is 42.3 Å². The fourth-order valence-electron chi connectivity index (χ4n) is 3.38. The van der Waals surface area contributed by atoms with E-state index in [1.807, 2.05) is 31.2 Å². The van der Waals surface area contributed by atoms with Gasteiger partial charge in [-0.25, -0.2) is 0 Å². The average molecular weight is 406 g/mol. The maximum atomic E-state index is 6.04. The van der Waals surface area contributed by atoms with Crippen molar-refractivity contribution >= 4 is 0 Å². The third-order valence-electron chi connectivity index (χ3n) is 4.88. The standard InChI is InChI=1S/C26H31NO3/c1-4-29-26-17-21(18-27-15-14-23-10-5-6-11-24(23)28-3)12-13-25(26)30-19-22-9-7-8-20(2)16-22/h5-13,16-17,27H,4,14-15,18-19H2,1-3H3. The van der Waals surface area contributed by atoms with E-state index in [4.69, 9.17) is 14.2 Å². The summed E-state index contributed by atoms with van der Waals surface area (Å²) in [6, 6.07) is 22.6. The van der Waals surface area contributed by atoms with Gasteiger partial charge in [-0.2, -0.15) is 0 Å². The molecule has 4 heteroatoms. The number of para-hydroxylation sites is 1. The normalized spacial score (nSPS) is 10.6. The van der Waals surface area contributed by atoms with E-state index in [9.17, 15) is 0 Å². The second-order valence-electron chi connectivity index (χ2n) is 7.23. The summed E-state index contributed by atoms with van der Waals surface area (Å²) in [5.41, 5.74) is 4.76.